The van der Waals surface area contributed by atoms with Gasteiger partial charge in [0.05, 0.1) is 5.02 Å². The summed E-state index contributed by atoms with van der Waals surface area (Å²) in [5.41, 5.74) is 1.04. The molecule has 0 unspecified atom stereocenters. The van der Waals surface area contributed by atoms with E-state index in [1.807, 2.05) is 23.6 Å². The molecule has 0 aliphatic rings. The SMILES string of the molecule is O=C(O)COc1ccc(CCNC(=O)CCc2cc(Cl)cs2)cc1. The lowest BCUT2D eigenvalue weighted by Crippen LogP contribution is -2.25. The Morgan fingerprint density at radius 3 is 2.58 bits per heavy atom. The highest BCUT2D eigenvalue weighted by Crippen LogP contribution is 2.20. The number of hydrogen-bond donors (Lipinski definition) is 2. The number of thiophene rings is 1. The van der Waals surface area contributed by atoms with E-state index in [0.29, 0.717) is 36.6 Å². The molecule has 0 saturated heterocycles. The Bertz CT molecular complexity index is 684. The van der Waals surface area contributed by atoms with Gasteiger partial charge in [-0.3, -0.25) is 4.79 Å². The molecular formula is C17H18ClNO4S. The second-order valence-corrected chi connectivity index (χ2v) is 6.59. The Kier molecular flexibility index (Phi) is 7.08. The molecule has 2 rings (SSSR count). The zero-order valence-electron chi connectivity index (χ0n) is 13.0. The number of benzene rings is 1. The zero-order chi connectivity index (χ0) is 17.4. The Morgan fingerprint density at radius 1 is 1.21 bits per heavy atom. The fraction of sp³-hybridized carbons (Fsp3) is 0.294. The molecule has 0 spiro atoms. The standard InChI is InChI=1S/C17H18ClNO4S/c18-13-9-15(24-11-13)5-6-16(20)19-8-7-12-1-3-14(4-2-12)23-10-17(21)22/h1-4,9,11H,5-8,10H2,(H,19,20)(H,21,22). The van der Waals surface area contributed by atoms with Gasteiger partial charge in [0.2, 0.25) is 5.91 Å². The van der Waals surface area contributed by atoms with E-state index in [4.69, 9.17) is 21.4 Å². The number of carbonyl (C=O) groups excluding carboxylic acids is 1. The van der Waals surface area contributed by atoms with Crippen molar-refractivity contribution in [3.05, 3.63) is 51.2 Å². The molecule has 1 heterocycles. The first-order valence-electron chi connectivity index (χ1n) is 7.46. The van der Waals surface area contributed by atoms with Gasteiger partial charge in [-0.2, -0.15) is 0 Å². The molecule has 24 heavy (non-hydrogen) atoms. The van der Waals surface area contributed by atoms with Crippen molar-refractivity contribution >= 4 is 34.8 Å². The molecule has 128 valence electrons. The number of rotatable bonds is 9. The highest BCUT2D eigenvalue weighted by Gasteiger charge is 2.04. The fourth-order valence-electron chi connectivity index (χ4n) is 2.05. The van der Waals surface area contributed by atoms with Crippen LogP contribution in [0.3, 0.4) is 0 Å². The fourth-order valence-corrected chi connectivity index (χ4v) is 3.13. The summed E-state index contributed by atoms with van der Waals surface area (Å²) in [6, 6.07) is 9.04. The lowest BCUT2D eigenvalue weighted by molar-refractivity contribution is -0.139. The van der Waals surface area contributed by atoms with Crippen molar-refractivity contribution in [3.63, 3.8) is 0 Å². The third-order valence-electron chi connectivity index (χ3n) is 3.24. The summed E-state index contributed by atoms with van der Waals surface area (Å²) in [6.45, 7) is 0.199. The van der Waals surface area contributed by atoms with Gasteiger partial charge < -0.3 is 15.2 Å². The Balaban J connectivity index is 1.65. The molecule has 2 aromatic rings. The number of halogens is 1. The average molecular weight is 368 g/mol. The summed E-state index contributed by atoms with van der Waals surface area (Å²) in [4.78, 5) is 23.3. The minimum atomic E-state index is -1.01. The number of carboxylic acid groups (broad SMARTS) is 1. The molecular weight excluding hydrogens is 350 g/mol. The third-order valence-corrected chi connectivity index (χ3v) is 4.59. The second-order valence-electron chi connectivity index (χ2n) is 5.16. The van der Waals surface area contributed by atoms with Crippen molar-refractivity contribution in [1.82, 2.24) is 5.32 Å². The summed E-state index contributed by atoms with van der Waals surface area (Å²) in [6.07, 6.45) is 1.84. The molecule has 0 bridgehead atoms. The largest absolute Gasteiger partial charge is 0.482 e. The number of nitrogens with one attached hydrogen (secondary N) is 1. The van der Waals surface area contributed by atoms with Crippen molar-refractivity contribution in [2.75, 3.05) is 13.2 Å². The monoisotopic (exact) mass is 367 g/mol. The van der Waals surface area contributed by atoms with Crippen molar-refractivity contribution in [2.24, 2.45) is 0 Å². The van der Waals surface area contributed by atoms with Crippen LogP contribution in [-0.4, -0.2) is 30.1 Å². The molecule has 1 amide bonds. The number of amides is 1. The topological polar surface area (TPSA) is 75.6 Å². The van der Waals surface area contributed by atoms with Crippen LogP contribution in [0.4, 0.5) is 0 Å². The van der Waals surface area contributed by atoms with Crippen LogP contribution in [0.5, 0.6) is 5.75 Å². The predicted octanol–water partition coefficient (Wildman–Crippen LogP) is 3.16. The molecule has 5 nitrogen and oxygen atoms in total. The van der Waals surface area contributed by atoms with E-state index < -0.39 is 5.97 Å². The first-order chi connectivity index (χ1) is 11.5. The van der Waals surface area contributed by atoms with Crippen LogP contribution in [0.2, 0.25) is 5.02 Å². The van der Waals surface area contributed by atoms with Crippen LogP contribution in [-0.2, 0) is 22.4 Å². The van der Waals surface area contributed by atoms with E-state index >= 15 is 0 Å². The number of aliphatic carboxylic acids is 1. The van der Waals surface area contributed by atoms with Crippen molar-refractivity contribution in [3.8, 4) is 5.75 Å². The van der Waals surface area contributed by atoms with Gasteiger partial charge in [-0.15, -0.1) is 11.3 Å². The molecule has 0 fully saturated rings. The quantitative estimate of drug-likeness (QED) is 0.713. The summed E-state index contributed by atoms with van der Waals surface area (Å²) in [5, 5.41) is 14.0. The normalized spacial score (nSPS) is 10.4. The van der Waals surface area contributed by atoms with Crippen LogP contribution >= 0.6 is 22.9 Å². The molecule has 0 atom stereocenters. The molecule has 0 radical (unpaired) electrons. The number of ether oxygens (including phenoxy) is 1. The summed E-state index contributed by atoms with van der Waals surface area (Å²) in [7, 11) is 0. The van der Waals surface area contributed by atoms with Crippen LogP contribution in [0.25, 0.3) is 0 Å². The van der Waals surface area contributed by atoms with Gasteiger partial charge in [-0.25, -0.2) is 4.79 Å². The maximum atomic E-state index is 11.8. The summed E-state index contributed by atoms with van der Waals surface area (Å²) >= 11 is 7.40. The van der Waals surface area contributed by atoms with Gasteiger partial charge in [0.25, 0.3) is 0 Å². The lowest BCUT2D eigenvalue weighted by atomic mass is 10.1. The number of carbonyl (C=O) groups is 2. The Morgan fingerprint density at radius 2 is 1.96 bits per heavy atom. The van der Waals surface area contributed by atoms with Gasteiger partial charge >= 0.3 is 5.97 Å². The van der Waals surface area contributed by atoms with Crippen molar-refractivity contribution in [2.45, 2.75) is 19.3 Å². The average Bonchev–Trinajstić information content (AvgIpc) is 2.97. The number of aryl methyl sites for hydroxylation is 1. The maximum absolute atomic E-state index is 11.8. The Hall–Kier alpha value is -2.05. The molecule has 0 saturated carbocycles. The number of hydrogen-bond acceptors (Lipinski definition) is 4. The first kappa shape index (κ1) is 18.3. The maximum Gasteiger partial charge on any atom is 0.341 e. The minimum absolute atomic E-state index is 0.0148. The van der Waals surface area contributed by atoms with Crippen molar-refractivity contribution in [1.29, 1.82) is 0 Å². The molecule has 1 aromatic carbocycles. The van der Waals surface area contributed by atoms with E-state index in [-0.39, 0.29) is 12.5 Å². The smallest absolute Gasteiger partial charge is 0.341 e. The van der Waals surface area contributed by atoms with E-state index in [0.717, 1.165) is 10.4 Å². The highest BCUT2D eigenvalue weighted by atomic mass is 35.5. The molecule has 0 aliphatic heterocycles. The highest BCUT2D eigenvalue weighted by molar-refractivity contribution is 7.10. The number of carboxylic acids is 1. The van der Waals surface area contributed by atoms with Gasteiger partial charge in [0.1, 0.15) is 5.75 Å². The van der Waals surface area contributed by atoms with E-state index in [2.05, 4.69) is 5.32 Å². The minimum Gasteiger partial charge on any atom is -0.482 e. The van der Waals surface area contributed by atoms with E-state index in [1.165, 1.54) is 0 Å². The second kappa shape index (κ2) is 9.30. The summed E-state index contributed by atoms with van der Waals surface area (Å²) < 4.78 is 5.06. The predicted molar refractivity (Wildman–Crippen MR) is 93.9 cm³/mol. The van der Waals surface area contributed by atoms with Crippen LogP contribution in [0.1, 0.15) is 16.9 Å². The summed E-state index contributed by atoms with van der Waals surface area (Å²) in [5.74, 6) is -0.479. The van der Waals surface area contributed by atoms with Gasteiger partial charge in [0, 0.05) is 23.2 Å². The van der Waals surface area contributed by atoms with Crippen LogP contribution in [0.15, 0.2) is 35.7 Å². The van der Waals surface area contributed by atoms with E-state index in [1.54, 1.807) is 23.5 Å². The van der Waals surface area contributed by atoms with Gasteiger partial charge in [-0.1, -0.05) is 23.7 Å². The van der Waals surface area contributed by atoms with Crippen LogP contribution < -0.4 is 10.1 Å². The van der Waals surface area contributed by atoms with E-state index in [9.17, 15) is 9.59 Å². The molecule has 0 aliphatic carbocycles. The lowest BCUT2D eigenvalue weighted by Gasteiger charge is -2.07. The van der Waals surface area contributed by atoms with Gasteiger partial charge in [-0.05, 0) is 36.6 Å². The van der Waals surface area contributed by atoms with Gasteiger partial charge in [0.15, 0.2) is 6.61 Å². The Labute approximate surface area is 149 Å². The van der Waals surface area contributed by atoms with Crippen molar-refractivity contribution < 1.29 is 19.4 Å². The third kappa shape index (κ3) is 6.60. The zero-order valence-corrected chi connectivity index (χ0v) is 14.5. The molecule has 1 aromatic heterocycles. The molecule has 7 heteroatoms. The first-order valence-corrected chi connectivity index (χ1v) is 8.72. The van der Waals surface area contributed by atoms with Crippen LogP contribution in [0, 0.1) is 0 Å². The molecule has 2 N–H and O–H groups in total.